The van der Waals surface area contributed by atoms with Crippen LogP contribution in [0.3, 0.4) is 0 Å². The molecule has 1 heterocycles. The van der Waals surface area contributed by atoms with Gasteiger partial charge in [-0.3, -0.25) is 14.9 Å². The maximum Gasteiger partial charge on any atom is 0.320 e. The number of nitrogens with zero attached hydrogens (tertiary/aromatic N) is 1. The number of hydrogen-bond acceptors (Lipinski definition) is 5. The Morgan fingerprint density at radius 2 is 1.96 bits per heavy atom. The summed E-state index contributed by atoms with van der Waals surface area (Å²) in [5.74, 6) is -1.31. The molecule has 1 amide bonds. The Labute approximate surface area is 147 Å². The zero-order chi connectivity index (χ0) is 18.4. The SMILES string of the molecule is CC(NC(CCc1ccccc1)C(=O)O)C(=O)N1CCCC1C(O)O. The summed E-state index contributed by atoms with van der Waals surface area (Å²) in [6.45, 7) is 2.06. The first-order valence-corrected chi connectivity index (χ1v) is 8.59. The van der Waals surface area contributed by atoms with Crippen LogP contribution in [0, 0.1) is 0 Å². The molecular weight excluding hydrogens is 324 g/mol. The van der Waals surface area contributed by atoms with Gasteiger partial charge < -0.3 is 20.2 Å². The van der Waals surface area contributed by atoms with E-state index in [1.165, 1.54) is 4.90 Å². The summed E-state index contributed by atoms with van der Waals surface area (Å²) in [4.78, 5) is 25.5. The van der Waals surface area contributed by atoms with E-state index in [0.29, 0.717) is 32.2 Å². The third-order valence-electron chi connectivity index (χ3n) is 4.61. The van der Waals surface area contributed by atoms with Gasteiger partial charge in [0.2, 0.25) is 5.91 Å². The van der Waals surface area contributed by atoms with Gasteiger partial charge in [-0.05, 0) is 38.2 Å². The van der Waals surface area contributed by atoms with Crippen molar-refractivity contribution in [1.82, 2.24) is 10.2 Å². The normalized spacial score (nSPS) is 19.8. The van der Waals surface area contributed by atoms with Crippen LogP contribution in [0.2, 0.25) is 0 Å². The number of benzene rings is 1. The van der Waals surface area contributed by atoms with Crippen molar-refractivity contribution in [2.24, 2.45) is 0 Å². The van der Waals surface area contributed by atoms with Crippen LogP contribution in [-0.2, 0) is 16.0 Å². The van der Waals surface area contributed by atoms with Crippen LogP contribution in [0.4, 0.5) is 0 Å². The Bertz CT molecular complexity index is 578. The van der Waals surface area contributed by atoms with Crippen LogP contribution in [-0.4, -0.2) is 63.1 Å². The maximum atomic E-state index is 12.5. The molecule has 0 radical (unpaired) electrons. The van der Waals surface area contributed by atoms with Crippen molar-refractivity contribution in [3.8, 4) is 0 Å². The van der Waals surface area contributed by atoms with Gasteiger partial charge in [-0.15, -0.1) is 0 Å². The largest absolute Gasteiger partial charge is 0.480 e. The van der Waals surface area contributed by atoms with Crippen LogP contribution in [0.1, 0.15) is 31.7 Å². The molecule has 3 unspecified atom stereocenters. The van der Waals surface area contributed by atoms with Gasteiger partial charge in [0.25, 0.3) is 0 Å². The number of carboxylic acids is 1. The molecule has 25 heavy (non-hydrogen) atoms. The number of amides is 1. The molecule has 7 nitrogen and oxygen atoms in total. The number of aliphatic hydroxyl groups excluding tert-OH is 1. The van der Waals surface area contributed by atoms with Gasteiger partial charge in [0.05, 0.1) is 12.1 Å². The van der Waals surface area contributed by atoms with E-state index in [9.17, 15) is 24.9 Å². The van der Waals surface area contributed by atoms with Gasteiger partial charge in [0.15, 0.2) is 6.29 Å². The van der Waals surface area contributed by atoms with Crippen LogP contribution in [0.25, 0.3) is 0 Å². The third-order valence-corrected chi connectivity index (χ3v) is 4.61. The molecule has 1 saturated heterocycles. The lowest BCUT2D eigenvalue weighted by Gasteiger charge is -2.30. The molecule has 7 heteroatoms. The van der Waals surface area contributed by atoms with E-state index < -0.39 is 30.4 Å². The molecule has 4 N–H and O–H groups in total. The molecule has 0 spiro atoms. The highest BCUT2D eigenvalue weighted by molar-refractivity contribution is 5.83. The van der Waals surface area contributed by atoms with Gasteiger partial charge in [0, 0.05) is 6.54 Å². The quantitative estimate of drug-likeness (QED) is 0.504. The molecule has 1 fully saturated rings. The average molecular weight is 350 g/mol. The van der Waals surface area contributed by atoms with Crippen LogP contribution in [0.5, 0.6) is 0 Å². The average Bonchev–Trinajstić information content (AvgIpc) is 3.08. The minimum Gasteiger partial charge on any atom is -0.480 e. The zero-order valence-electron chi connectivity index (χ0n) is 14.3. The molecule has 0 aliphatic carbocycles. The Balaban J connectivity index is 1.94. The molecule has 0 saturated carbocycles. The third kappa shape index (κ3) is 5.26. The highest BCUT2D eigenvalue weighted by Gasteiger charge is 2.36. The van der Waals surface area contributed by atoms with Crippen molar-refractivity contribution >= 4 is 11.9 Å². The first-order valence-electron chi connectivity index (χ1n) is 8.59. The van der Waals surface area contributed by atoms with Crippen molar-refractivity contribution < 1.29 is 24.9 Å². The topological polar surface area (TPSA) is 110 Å². The van der Waals surface area contributed by atoms with Crippen molar-refractivity contribution in [3.63, 3.8) is 0 Å². The van der Waals surface area contributed by atoms with Crippen LogP contribution < -0.4 is 5.32 Å². The molecule has 1 aromatic carbocycles. The van der Waals surface area contributed by atoms with E-state index in [1.807, 2.05) is 30.3 Å². The van der Waals surface area contributed by atoms with E-state index in [0.717, 1.165) is 5.56 Å². The molecule has 2 rings (SSSR count). The van der Waals surface area contributed by atoms with Gasteiger partial charge in [-0.25, -0.2) is 0 Å². The fourth-order valence-corrected chi connectivity index (χ4v) is 3.23. The highest BCUT2D eigenvalue weighted by atomic mass is 16.5. The van der Waals surface area contributed by atoms with Crippen molar-refractivity contribution in [2.75, 3.05) is 6.54 Å². The van der Waals surface area contributed by atoms with Gasteiger partial charge >= 0.3 is 5.97 Å². The minimum absolute atomic E-state index is 0.304. The van der Waals surface area contributed by atoms with Crippen molar-refractivity contribution in [1.29, 1.82) is 0 Å². The lowest BCUT2D eigenvalue weighted by molar-refractivity contribution is -0.146. The lowest BCUT2D eigenvalue weighted by atomic mass is 10.0. The van der Waals surface area contributed by atoms with Crippen LogP contribution >= 0.6 is 0 Å². The lowest BCUT2D eigenvalue weighted by Crippen LogP contribution is -2.53. The summed E-state index contributed by atoms with van der Waals surface area (Å²) in [5.41, 5.74) is 1.04. The maximum absolute atomic E-state index is 12.5. The molecule has 1 aliphatic heterocycles. The Kier molecular flexibility index (Phi) is 6.92. The summed E-state index contributed by atoms with van der Waals surface area (Å²) < 4.78 is 0. The second-order valence-electron chi connectivity index (χ2n) is 6.46. The number of aliphatic carboxylic acids is 1. The second-order valence-corrected chi connectivity index (χ2v) is 6.46. The molecule has 0 aromatic heterocycles. The number of carboxylic acid groups (broad SMARTS) is 1. The monoisotopic (exact) mass is 350 g/mol. The van der Waals surface area contributed by atoms with E-state index in [1.54, 1.807) is 6.92 Å². The molecule has 138 valence electrons. The van der Waals surface area contributed by atoms with Crippen molar-refractivity contribution in [3.05, 3.63) is 35.9 Å². The first kappa shape index (κ1) is 19.4. The Morgan fingerprint density at radius 3 is 2.56 bits per heavy atom. The molecular formula is C18H26N2O5. The molecule has 1 aromatic rings. The zero-order valence-corrected chi connectivity index (χ0v) is 14.3. The minimum atomic E-state index is -1.58. The van der Waals surface area contributed by atoms with Gasteiger partial charge in [-0.1, -0.05) is 30.3 Å². The predicted molar refractivity (Wildman–Crippen MR) is 91.7 cm³/mol. The summed E-state index contributed by atoms with van der Waals surface area (Å²) in [5, 5.41) is 31.1. The number of rotatable bonds is 8. The highest BCUT2D eigenvalue weighted by Crippen LogP contribution is 2.20. The summed E-state index contributed by atoms with van der Waals surface area (Å²) in [6.07, 6.45) is 0.618. The van der Waals surface area contributed by atoms with Crippen molar-refractivity contribution in [2.45, 2.75) is 57.0 Å². The van der Waals surface area contributed by atoms with E-state index in [-0.39, 0.29) is 5.91 Å². The fraction of sp³-hybridized carbons (Fsp3) is 0.556. The smallest absolute Gasteiger partial charge is 0.320 e. The summed E-state index contributed by atoms with van der Waals surface area (Å²) in [6, 6.07) is 7.39. The van der Waals surface area contributed by atoms with Gasteiger partial charge in [0.1, 0.15) is 6.04 Å². The van der Waals surface area contributed by atoms with Crippen LogP contribution in [0.15, 0.2) is 30.3 Å². The summed E-state index contributed by atoms with van der Waals surface area (Å²) >= 11 is 0. The molecule has 3 atom stereocenters. The molecule has 0 bridgehead atoms. The second kappa shape index (κ2) is 8.94. The van der Waals surface area contributed by atoms with E-state index in [2.05, 4.69) is 5.32 Å². The first-order chi connectivity index (χ1) is 11.9. The number of nitrogens with one attached hydrogen (secondary N) is 1. The standard InChI is InChI=1S/C18H26N2O5/c1-12(16(21)20-11-5-8-15(20)18(24)25)19-14(17(22)23)10-9-13-6-3-2-4-7-13/h2-4,6-7,12,14-15,18-19,24-25H,5,8-11H2,1H3,(H,22,23). The Hall–Kier alpha value is -1.96. The number of carbonyl (C=O) groups is 2. The molecule has 1 aliphatic rings. The van der Waals surface area contributed by atoms with Gasteiger partial charge in [-0.2, -0.15) is 0 Å². The number of aliphatic hydroxyl groups is 2. The number of carbonyl (C=O) groups excluding carboxylic acids is 1. The van der Waals surface area contributed by atoms with E-state index in [4.69, 9.17) is 0 Å². The number of likely N-dealkylation sites (tertiary alicyclic amines) is 1. The predicted octanol–water partition coefficient (Wildman–Crippen LogP) is 0.352. The number of aryl methyl sites for hydroxylation is 1. The van der Waals surface area contributed by atoms with E-state index >= 15 is 0 Å². The number of hydrogen-bond donors (Lipinski definition) is 4. The Morgan fingerprint density at radius 1 is 1.28 bits per heavy atom. The fourth-order valence-electron chi connectivity index (χ4n) is 3.23. The summed E-state index contributed by atoms with van der Waals surface area (Å²) in [7, 11) is 0.